The van der Waals surface area contributed by atoms with Gasteiger partial charge in [-0.2, -0.15) is 0 Å². The van der Waals surface area contributed by atoms with Crippen molar-refractivity contribution in [3.63, 3.8) is 0 Å². The minimum Gasteiger partial charge on any atom is -0.289 e. The number of rotatable bonds is 2. The van der Waals surface area contributed by atoms with Crippen LogP contribution in [0.25, 0.3) is 0 Å². The minimum atomic E-state index is 0.0652. The maximum Gasteiger partial charge on any atom is 0.190 e. The Bertz CT molecular complexity index is 580. The van der Waals surface area contributed by atoms with Crippen molar-refractivity contribution in [2.45, 2.75) is 26.7 Å². The molecule has 0 radical (unpaired) electrons. The molecular formula is C17H16O. The van der Waals surface area contributed by atoms with Gasteiger partial charge in [-0.3, -0.25) is 4.79 Å². The zero-order valence-corrected chi connectivity index (χ0v) is 10.8. The van der Waals surface area contributed by atoms with Crippen LogP contribution in [0.15, 0.2) is 52.6 Å². The topological polar surface area (TPSA) is 17.1 Å². The molecule has 1 aromatic rings. The molecule has 1 aromatic carbocycles. The molecule has 0 amide bonds. The van der Waals surface area contributed by atoms with Gasteiger partial charge in [0.15, 0.2) is 5.78 Å². The second kappa shape index (κ2) is 5.06. The van der Waals surface area contributed by atoms with E-state index in [1.165, 1.54) is 11.1 Å². The Hall–Kier alpha value is -2.07. The van der Waals surface area contributed by atoms with Crippen LogP contribution in [0.3, 0.4) is 0 Å². The molecular weight excluding hydrogens is 220 g/mol. The molecule has 1 aliphatic rings. The Kier molecular flexibility index (Phi) is 3.48. The average molecular weight is 236 g/mol. The van der Waals surface area contributed by atoms with E-state index < -0.39 is 0 Å². The lowest BCUT2D eigenvalue weighted by Gasteiger charge is -2.19. The molecule has 0 bridgehead atoms. The third-order valence-corrected chi connectivity index (χ3v) is 3.46. The zero-order valence-electron chi connectivity index (χ0n) is 10.8. The monoisotopic (exact) mass is 236 g/mol. The van der Waals surface area contributed by atoms with Gasteiger partial charge in [0, 0.05) is 23.1 Å². The molecule has 1 heteroatoms. The standard InChI is InChI=1S/C17H16O/c1-4-14-10-12(2)13(3)11-16(14)17(18)15-8-6-5-7-9-15/h1,5-9H,10-11H2,2-3H3. The number of hydrogen-bond donors (Lipinski definition) is 0. The summed E-state index contributed by atoms with van der Waals surface area (Å²) in [6.45, 7) is 4.15. The van der Waals surface area contributed by atoms with Gasteiger partial charge in [-0.25, -0.2) is 0 Å². The predicted molar refractivity (Wildman–Crippen MR) is 74.2 cm³/mol. The van der Waals surface area contributed by atoms with Crippen molar-refractivity contribution in [3.8, 4) is 12.3 Å². The number of terminal acetylenes is 1. The van der Waals surface area contributed by atoms with Crippen molar-refractivity contribution in [2.24, 2.45) is 0 Å². The van der Waals surface area contributed by atoms with E-state index in [1.54, 1.807) is 0 Å². The van der Waals surface area contributed by atoms with Crippen LogP contribution in [0.2, 0.25) is 0 Å². The largest absolute Gasteiger partial charge is 0.289 e. The van der Waals surface area contributed by atoms with Crippen LogP contribution in [0.4, 0.5) is 0 Å². The molecule has 2 rings (SSSR count). The van der Waals surface area contributed by atoms with Crippen LogP contribution in [0, 0.1) is 12.3 Å². The van der Waals surface area contributed by atoms with E-state index in [2.05, 4.69) is 19.8 Å². The summed E-state index contributed by atoms with van der Waals surface area (Å²) in [5.74, 6) is 2.75. The summed E-state index contributed by atoms with van der Waals surface area (Å²) in [4.78, 5) is 12.4. The normalized spacial score (nSPS) is 15.6. The quantitative estimate of drug-likeness (QED) is 0.432. The first-order chi connectivity index (χ1) is 8.63. The molecule has 1 nitrogen and oxygen atoms in total. The number of allylic oxidation sites excluding steroid dienone is 4. The van der Waals surface area contributed by atoms with Gasteiger partial charge in [0.1, 0.15) is 0 Å². The number of Topliss-reactive ketones (excluding diaryl/α,β-unsaturated/α-hetero) is 1. The number of carbonyl (C=O) groups is 1. The Balaban J connectivity index is 2.39. The lowest BCUT2D eigenvalue weighted by Crippen LogP contribution is -2.11. The van der Waals surface area contributed by atoms with E-state index in [-0.39, 0.29) is 5.78 Å². The van der Waals surface area contributed by atoms with Crippen LogP contribution in [0.5, 0.6) is 0 Å². The molecule has 0 saturated heterocycles. The molecule has 1 aliphatic carbocycles. The maximum absolute atomic E-state index is 12.4. The number of carbonyl (C=O) groups excluding carboxylic acids is 1. The molecule has 0 unspecified atom stereocenters. The van der Waals surface area contributed by atoms with Gasteiger partial charge >= 0.3 is 0 Å². The summed E-state index contributed by atoms with van der Waals surface area (Å²) < 4.78 is 0. The van der Waals surface area contributed by atoms with Gasteiger partial charge in [-0.1, -0.05) is 47.4 Å². The van der Waals surface area contributed by atoms with E-state index in [4.69, 9.17) is 6.42 Å². The van der Waals surface area contributed by atoms with Crippen molar-refractivity contribution in [3.05, 3.63) is 58.2 Å². The van der Waals surface area contributed by atoms with Crippen molar-refractivity contribution in [1.29, 1.82) is 0 Å². The molecule has 0 atom stereocenters. The maximum atomic E-state index is 12.4. The highest BCUT2D eigenvalue weighted by Gasteiger charge is 2.21. The van der Waals surface area contributed by atoms with Crippen LogP contribution >= 0.6 is 0 Å². The highest BCUT2D eigenvalue weighted by Crippen LogP contribution is 2.31. The fourth-order valence-electron chi connectivity index (χ4n) is 2.16. The molecule has 0 aliphatic heterocycles. The summed E-state index contributed by atoms with van der Waals surface area (Å²) in [5.41, 5.74) is 4.88. The van der Waals surface area contributed by atoms with Crippen LogP contribution in [-0.4, -0.2) is 5.78 Å². The number of benzene rings is 1. The molecule has 18 heavy (non-hydrogen) atoms. The Morgan fingerprint density at radius 2 is 1.72 bits per heavy atom. The van der Waals surface area contributed by atoms with E-state index in [0.717, 1.165) is 17.6 Å². The molecule has 90 valence electrons. The zero-order chi connectivity index (χ0) is 13.1. The average Bonchev–Trinajstić information content (AvgIpc) is 2.41. The van der Waals surface area contributed by atoms with Gasteiger partial charge in [-0.15, -0.1) is 6.42 Å². The first-order valence-corrected chi connectivity index (χ1v) is 6.07. The highest BCUT2D eigenvalue weighted by molar-refractivity contribution is 6.10. The first kappa shape index (κ1) is 12.4. The molecule has 0 spiro atoms. The van der Waals surface area contributed by atoms with Gasteiger partial charge < -0.3 is 0 Å². The third kappa shape index (κ3) is 2.28. The second-order valence-electron chi connectivity index (χ2n) is 4.71. The predicted octanol–water partition coefficient (Wildman–Crippen LogP) is 3.93. The fourth-order valence-corrected chi connectivity index (χ4v) is 2.16. The third-order valence-electron chi connectivity index (χ3n) is 3.46. The van der Waals surface area contributed by atoms with Gasteiger partial charge in [-0.05, 0) is 20.3 Å². The Morgan fingerprint density at radius 1 is 1.11 bits per heavy atom. The lowest BCUT2D eigenvalue weighted by molar-refractivity contribution is 0.103. The molecule has 0 N–H and O–H groups in total. The van der Waals surface area contributed by atoms with Gasteiger partial charge in [0.05, 0.1) is 0 Å². The Labute approximate surface area is 108 Å². The molecule has 0 saturated carbocycles. The Morgan fingerprint density at radius 3 is 2.33 bits per heavy atom. The smallest absolute Gasteiger partial charge is 0.190 e. The highest BCUT2D eigenvalue weighted by atomic mass is 16.1. The SMILES string of the molecule is C#CC1=C(C(=O)c2ccccc2)CC(C)=C(C)C1. The molecule has 0 aromatic heterocycles. The van der Waals surface area contributed by atoms with Crippen molar-refractivity contribution in [2.75, 3.05) is 0 Å². The summed E-state index contributed by atoms with van der Waals surface area (Å²) in [5, 5.41) is 0. The van der Waals surface area contributed by atoms with Crippen LogP contribution in [0.1, 0.15) is 37.0 Å². The van der Waals surface area contributed by atoms with Crippen molar-refractivity contribution in [1.82, 2.24) is 0 Å². The van der Waals surface area contributed by atoms with Crippen LogP contribution in [-0.2, 0) is 0 Å². The lowest BCUT2D eigenvalue weighted by atomic mass is 9.84. The van der Waals surface area contributed by atoms with E-state index in [0.29, 0.717) is 12.0 Å². The molecule has 0 heterocycles. The summed E-state index contributed by atoms with van der Waals surface area (Å²) in [7, 11) is 0. The summed E-state index contributed by atoms with van der Waals surface area (Å²) in [6, 6.07) is 9.33. The van der Waals surface area contributed by atoms with Gasteiger partial charge in [0.25, 0.3) is 0 Å². The van der Waals surface area contributed by atoms with Crippen molar-refractivity contribution < 1.29 is 4.79 Å². The van der Waals surface area contributed by atoms with Crippen molar-refractivity contribution >= 4 is 5.78 Å². The minimum absolute atomic E-state index is 0.0652. The van der Waals surface area contributed by atoms with E-state index >= 15 is 0 Å². The van der Waals surface area contributed by atoms with E-state index in [9.17, 15) is 4.79 Å². The van der Waals surface area contributed by atoms with Crippen LogP contribution < -0.4 is 0 Å². The number of ketones is 1. The van der Waals surface area contributed by atoms with Gasteiger partial charge in [0.2, 0.25) is 0 Å². The summed E-state index contributed by atoms with van der Waals surface area (Å²) >= 11 is 0. The second-order valence-corrected chi connectivity index (χ2v) is 4.71. The fraction of sp³-hybridized carbons (Fsp3) is 0.235. The first-order valence-electron chi connectivity index (χ1n) is 6.07. The number of hydrogen-bond acceptors (Lipinski definition) is 1. The summed E-state index contributed by atoms with van der Waals surface area (Å²) in [6.07, 6.45) is 6.95. The molecule has 0 fully saturated rings. The van der Waals surface area contributed by atoms with E-state index in [1.807, 2.05) is 30.3 Å².